The molecule has 0 fully saturated rings. The van der Waals surface area contributed by atoms with Gasteiger partial charge < -0.3 is 10.5 Å². The van der Waals surface area contributed by atoms with Crippen molar-refractivity contribution in [3.8, 4) is 0 Å². The van der Waals surface area contributed by atoms with E-state index in [1.54, 1.807) is 13.8 Å². The maximum Gasteiger partial charge on any atom is 0.464 e. The number of halogens is 2. The van der Waals surface area contributed by atoms with Crippen molar-refractivity contribution in [3.05, 3.63) is 29.6 Å². The first-order valence-corrected chi connectivity index (χ1v) is 7.60. The van der Waals surface area contributed by atoms with Gasteiger partial charge in [0.1, 0.15) is 5.60 Å². The summed E-state index contributed by atoms with van der Waals surface area (Å²) in [5, 5.41) is 17.6. The minimum absolute atomic E-state index is 0.0931. The molecular formula is C15H21F2N2O2S+. The van der Waals surface area contributed by atoms with Crippen molar-refractivity contribution in [1.82, 2.24) is 4.98 Å². The van der Waals surface area contributed by atoms with Crippen molar-refractivity contribution in [2.75, 3.05) is 0 Å². The Morgan fingerprint density at radius 1 is 1.36 bits per heavy atom. The number of alkyl halides is 2. The van der Waals surface area contributed by atoms with Gasteiger partial charge in [0.05, 0.1) is 11.4 Å². The summed E-state index contributed by atoms with van der Waals surface area (Å²) < 4.78 is 38.7. The van der Waals surface area contributed by atoms with E-state index in [1.165, 1.54) is 6.20 Å². The van der Waals surface area contributed by atoms with Crippen LogP contribution in [0.3, 0.4) is 0 Å². The number of nitrogens with zero attached hydrogens (tertiary/aromatic N) is 1. The molecule has 4 nitrogen and oxygen atoms in total. The van der Waals surface area contributed by atoms with Gasteiger partial charge >= 0.3 is 17.6 Å². The molecule has 0 bridgehead atoms. The van der Waals surface area contributed by atoms with Crippen LogP contribution in [-0.2, 0) is 21.8 Å². The minimum atomic E-state index is -3.45. The van der Waals surface area contributed by atoms with Gasteiger partial charge in [0.25, 0.3) is 0 Å². The maximum atomic E-state index is 14.1. The van der Waals surface area contributed by atoms with E-state index in [2.05, 4.69) is 4.98 Å². The summed E-state index contributed by atoms with van der Waals surface area (Å²) in [7, 11) is 0. The molecule has 2 N–H and O–H groups in total. The fourth-order valence-electron chi connectivity index (χ4n) is 1.74. The van der Waals surface area contributed by atoms with Crippen LogP contribution in [0.5, 0.6) is 0 Å². The Labute approximate surface area is 133 Å². The third-order valence-corrected chi connectivity index (χ3v) is 4.06. The van der Waals surface area contributed by atoms with Gasteiger partial charge in [0, 0.05) is 22.4 Å². The van der Waals surface area contributed by atoms with Gasteiger partial charge in [0.15, 0.2) is 0 Å². The molecular weight excluding hydrogens is 310 g/mol. The summed E-state index contributed by atoms with van der Waals surface area (Å²) in [4.78, 5) is 3.94. The highest BCUT2D eigenvalue weighted by atomic mass is 32.1. The van der Waals surface area contributed by atoms with Crippen molar-refractivity contribution >= 4 is 17.4 Å². The third kappa shape index (κ3) is 4.33. The van der Waals surface area contributed by atoms with E-state index >= 15 is 0 Å². The molecule has 1 aromatic heterocycles. The summed E-state index contributed by atoms with van der Waals surface area (Å²) in [6.45, 7) is 5.60. The van der Waals surface area contributed by atoms with Gasteiger partial charge in [0.2, 0.25) is 4.75 Å². The van der Waals surface area contributed by atoms with Gasteiger partial charge in [-0.1, -0.05) is 0 Å². The molecule has 0 spiro atoms. The molecule has 0 atom stereocenters. The van der Waals surface area contributed by atoms with Crippen molar-refractivity contribution in [2.45, 2.75) is 56.8 Å². The van der Waals surface area contributed by atoms with Crippen molar-refractivity contribution in [3.63, 3.8) is 0 Å². The highest BCUT2D eigenvalue weighted by Crippen LogP contribution is 2.38. The quantitative estimate of drug-likeness (QED) is 0.595. The molecule has 0 amide bonds. The Balaban J connectivity index is 2.98. The lowest BCUT2D eigenvalue weighted by molar-refractivity contribution is -0.168. The monoisotopic (exact) mass is 331 g/mol. The largest absolute Gasteiger partial charge is 0.464 e. The van der Waals surface area contributed by atoms with Gasteiger partial charge in [-0.3, -0.25) is 4.98 Å². The second kappa shape index (κ2) is 6.42. The average molecular weight is 331 g/mol. The fraction of sp³-hybridized carbons (Fsp3) is 0.600. The van der Waals surface area contributed by atoms with Gasteiger partial charge in [-0.05, 0) is 46.2 Å². The van der Waals surface area contributed by atoms with E-state index < -0.39 is 16.3 Å². The molecule has 0 aliphatic carbocycles. The van der Waals surface area contributed by atoms with Gasteiger partial charge in [-0.2, -0.15) is 8.78 Å². The lowest BCUT2D eigenvalue weighted by Gasteiger charge is -2.29. The van der Waals surface area contributed by atoms with Crippen molar-refractivity contribution in [2.24, 2.45) is 0 Å². The smallest absolute Gasteiger partial charge is 0.384 e. The van der Waals surface area contributed by atoms with Crippen LogP contribution in [0, 0.1) is 5.41 Å². The summed E-state index contributed by atoms with van der Waals surface area (Å²) in [6.07, 6.45) is 1.92. The third-order valence-electron chi connectivity index (χ3n) is 3.40. The highest BCUT2D eigenvalue weighted by molar-refractivity contribution is 7.67. The van der Waals surface area contributed by atoms with Crippen LogP contribution in [0.4, 0.5) is 8.78 Å². The number of nitrogens with one attached hydrogen (secondary N) is 1. The van der Waals surface area contributed by atoms with Gasteiger partial charge in [-0.15, -0.1) is 0 Å². The Bertz CT molecular complexity index is 569. The number of rotatable bonds is 7. The molecule has 0 saturated carbocycles. The summed E-state index contributed by atoms with van der Waals surface area (Å²) in [6, 6.07) is 2.25. The zero-order valence-corrected chi connectivity index (χ0v) is 13.9. The lowest BCUT2D eigenvalue weighted by Crippen LogP contribution is -2.40. The van der Waals surface area contributed by atoms with E-state index in [1.807, 2.05) is 0 Å². The maximum absolute atomic E-state index is 14.1. The number of pyridine rings is 1. The molecule has 0 saturated heterocycles. The average Bonchev–Trinajstić information content (AvgIpc) is 2.44. The number of aliphatic hydroxyl groups is 1. The first kappa shape index (κ1) is 18.7. The van der Waals surface area contributed by atoms with Crippen LogP contribution in [0.15, 0.2) is 18.3 Å². The minimum Gasteiger partial charge on any atom is -0.384 e. The summed E-state index contributed by atoms with van der Waals surface area (Å²) in [5.41, 5.74) is -2.37. The zero-order chi connectivity index (χ0) is 17.2. The van der Waals surface area contributed by atoms with Crippen LogP contribution in [0.25, 0.3) is 0 Å². The van der Waals surface area contributed by atoms with Crippen molar-refractivity contribution < 1.29 is 18.1 Å². The van der Waals surface area contributed by atoms with Crippen LogP contribution < -0.4 is 0 Å². The first-order valence-electron chi connectivity index (χ1n) is 6.86. The van der Waals surface area contributed by atoms with Crippen LogP contribution >= 0.6 is 0 Å². The molecule has 0 aromatic carbocycles. The molecule has 0 unspecified atom stereocenters. The Morgan fingerprint density at radius 2 is 1.95 bits per heavy atom. The van der Waals surface area contributed by atoms with Crippen LogP contribution in [0.1, 0.15) is 51.8 Å². The molecule has 0 aliphatic heterocycles. The topological polar surface area (TPSA) is 74.0 Å². The number of hydrogen-bond donors (Lipinski definition) is 2. The number of hydrogen-bond acceptors (Lipinski definition) is 4. The van der Waals surface area contributed by atoms with Gasteiger partial charge in [-0.25, -0.2) is 0 Å². The van der Waals surface area contributed by atoms with E-state index in [-0.39, 0.29) is 23.4 Å². The zero-order valence-electron chi connectivity index (χ0n) is 13.1. The molecule has 1 aromatic rings. The second-order valence-corrected chi connectivity index (χ2v) is 7.66. The predicted octanol–water partition coefficient (Wildman–Crippen LogP) is 3.30. The molecule has 1 rings (SSSR count). The standard InChI is InChI=1S/C15H21F2N2O2S/c1-13(2,22-21)7-5-11(18)12-9-10(6-8-19-12)15(16,17)14(3,4)20/h6,8-9,18,20H,5,7H2,1-4H3/q+1. The van der Waals surface area contributed by atoms with E-state index in [0.29, 0.717) is 18.1 Å². The normalized spacial score (nSPS) is 13.0. The predicted molar refractivity (Wildman–Crippen MR) is 82.6 cm³/mol. The SMILES string of the molecule is CC(C)(CCC(=N)c1cc(C(F)(F)C(C)(C)O)ccn1)[S+]=O. The molecule has 22 heavy (non-hydrogen) atoms. The Kier molecular flexibility index (Phi) is 5.46. The first-order chi connectivity index (χ1) is 9.90. The summed E-state index contributed by atoms with van der Waals surface area (Å²) in [5.74, 6) is -3.45. The fourth-order valence-corrected chi connectivity index (χ4v) is 1.93. The van der Waals surface area contributed by atoms with E-state index in [9.17, 15) is 18.1 Å². The Morgan fingerprint density at radius 3 is 2.45 bits per heavy atom. The number of aromatic nitrogens is 1. The van der Waals surface area contributed by atoms with E-state index in [0.717, 1.165) is 26.0 Å². The molecule has 7 heteroatoms. The molecule has 122 valence electrons. The molecule has 0 aliphatic rings. The van der Waals surface area contributed by atoms with Crippen LogP contribution in [-0.4, -0.2) is 26.2 Å². The lowest BCUT2D eigenvalue weighted by atomic mass is 9.93. The second-order valence-electron chi connectivity index (χ2n) is 6.38. The molecule has 1 heterocycles. The highest BCUT2D eigenvalue weighted by Gasteiger charge is 2.47. The van der Waals surface area contributed by atoms with Crippen LogP contribution in [0.2, 0.25) is 0 Å². The Hall–Kier alpha value is -1.34. The van der Waals surface area contributed by atoms with E-state index in [4.69, 9.17) is 5.41 Å². The molecule has 0 radical (unpaired) electrons. The summed E-state index contributed by atoms with van der Waals surface area (Å²) >= 11 is 0.455. The van der Waals surface area contributed by atoms with Crippen molar-refractivity contribution in [1.29, 1.82) is 5.41 Å².